The number of anilines is 1. The van der Waals surface area contributed by atoms with E-state index in [2.05, 4.69) is 22.4 Å². The summed E-state index contributed by atoms with van der Waals surface area (Å²) in [5.41, 5.74) is 2.46. The van der Waals surface area contributed by atoms with E-state index in [0.29, 0.717) is 13.1 Å². The molecule has 1 aliphatic heterocycles. The maximum absolute atomic E-state index is 13.3. The normalized spacial score (nSPS) is 17.0. The topological polar surface area (TPSA) is 85.7 Å². The Bertz CT molecular complexity index is 790. The summed E-state index contributed by atoms with van der Waals surface area (Å²) in [5, 5.41) is 11.9. The van der Waals surface area contributed by atoms with Crippen LogP contribution in [-0.4, -0.2) is 54.7 Å². The van der Waals surface area contributed by atoms with E-state index in [9.17, 15) is 9.59 Å². The van der Waals surface area contributed by atoms with Crippen molar-refractivity contribution in [2.24, 2.45) is 0 Å². The third kappa shape index (κ3) is 8.22. The van der Waals surface area contributed by atoms with Crippen molar-refractivity contribution in [1.82, 2.24) is 10.2 Å². The van der Waals surface area contributed by atoms with Crippen molar-refractivity contribution in [3.63, 3.8) is 0 Å². The summed E-state index contributed by atoms with van der Waals surface area (Å²) < 4.78 is 5.33. The molecule has 7 heteroatoms. The molecule has 1 aromatic rings. The fourth-order valence-corrected chi connectivity index (χ4v) is 3.94. The lowest BCUT2D eigenvalue weighted by Gasteiger charge is -2.36. The standard InChI is InChI=1S/C24H36N4O3/c1-18-13-19(2)15-21(14-18)28(12-8-10-25)22(29)17-27-11-7-6-9-20(27)16-26-23(30)31-24(3,4)5/h13-15,20H,6-9,11-12,16-17H2,1-5H3,(H,26,30). The van der Waals surface area contributed by atoms with Crippen molar-refractivity contribution < 1.29 is 14.3 Å². The molecule has 1 saturated heterocycles. The Balaban J connectivity index is 2.07. The molecule has 2 rings (SSSR count). The number of amides is 2. The Morgan fingerprint density at radius 3 is 2.52 bits per heavy atom. The minimum absolute atomic E-state index is 0.0237. The molecule has 0 saturated carbocycles. The highest BCUT2D eigenvalue weighted by molar-refractivity contribution is 5.95. The van der Waals surface area contributed by atoms with Crippen LogP contribution in [0.4, 0.5) is 10.5 Å². The van der Waals surface area contributed by atoms with E-state index in [0.717, 1.165) is 42.6 Å². The number of ether oxygens (including phenoxy) is 1. The summed E-state index contributed by atoms with van der Waals surface area (Å²) in [6.07, 6.45) is 2.86. The van der Waals surface area contributed by atoms with E-state index in [1.165, 1.54) is 0 Å². The van der Waals surface area contributed by atoms with Gasteiger partial charge in [-0.05, 0) is 77.3 Å². The van der Waals surface area contributed by atoms with Crippen LogP contribution >= 0.6 is 0 Å². The summed E-state index contributed by atoms with van der Waals surface area (Å²) in [6, 6.07) is 8.27. The highest BCUT2D eigenvalue weighted by Crippen LogP contribution is 2.22. The molecule has 0 aromatic heterocycles. The average Bonchev–Trinajstić information content (AvgIpc) is 2.65. The number of carbonyl (C=O) groups is 2. The Morgan fingerprint density at radius 1 is 1.23 bits per heavy atom. The maximum Gasteiger partial charge on any atom is 0.407 e. The Labute approximate surface area is 186 Å². The molecule has 2 amide bonds. The van der Waals surface area contributed by atoms with Crippen molar-refractivity contribution in [3.8, 4) is 6.07 Å². The van der Waals surface area contributed by atoms with Crippen molar-refractivity contribution >= 4 is 17.7 Å². The van der Waals surface area contributed by atoms with E-state index < -0.39 is 11.7 Å². The van der Waals surface area contributed by atoms with Gasteiger partial charge >= 0.3 is 6.09 Å². The number of rotatable bonds is 7. The second kappa shape index (κ2) is 11.1. The Hall–Kier alpha value is -2.59. The van der Waals surface area contributed by atoms with E-state index in [1.807, 2.05) is 46.8 Å². The molecule has 1 aromatic carbocycles. The number of alkyl carbamates (subject to hydrolysis) is 1. The second-order valence-corrected chi connectivity index (χ2v) is 9.30. The molecule has 1 N–H and O–H groups in total. The van der Waals surface area contributed by atoms with Crippen LogP contribution in [-0.2, 0) is 9.53 Å². The summed E-state index contributed by atoms with van der Waals surface area (Å²) in [7, 11) is 0. The number of carbonyl (C=O) groups excluding carboxylic acids is 2. The lowest BCUT2D eigenvalue weighted by Crippen LogP contribution is -2.51. The van der Waals surface area contributed by atoms with Gasteiger partial charge in [0, 0.05) is 24.8 Å². The molecule has 170 valence electrons. The number of hydrogen-bond acceptors (Lipinski definition) is 5. The highest BCUT2D eigenvalue weighted by atomic mass is 16.6. The maximum atomic E-state index is 13.3. The molecule has 1 heterocycles. The lowest BCUT2D eigenvalue weighted by molar-refractivity contribution is -0.120. The molecule has 0 radical (unpaired) electrons. The van der Waals surface area contributed by atoms with Gasteiger partial charge < -0.3 is 15.0 Å². The van der Waals surface area contributed by atoms with Crippen LogP contribution in [0.1, 0.15) is 57.6 Å². The van der Waals surface area contributed by atoms with Gasteiger partial charge in [0.1, 0.15) is 5.60 Å². The monoisotopic (exact) mass is 428 g/mol. The number of nitrogens with one attached hydrogen (secondary N) is 1. The van der Waals surface area contributed by atoms with Gasteiger partial charge in [-0.1, -0.05) is 12.5 Å². The van der Waals surface area contributed by atoms with Gasteiger partial charge in [-0.15, -0.1) is 0 Å². The number of piperidine rings is 1. The molecule has 1 aliphatic rings. The van der Waals surface area contributed by atoms with E-state index in [1.54, 1.807) is 4.90 Å². The van der Waals surface area contributed by atoms with Crippen molar-refractivity contribution in [2.75, 3.05) is 31.1 Å². The molecule has 1 unspecified atom stereocenters. The van der Waals surface area contributed by atoms with Crippen molar-refractivity contribution in [2.45, 2.75) is 71.9 Å². The third-order valence-corrected chi connectivity index (χ3v) is 5.23. The van der Waals surface area contributed by atoms with Gasteiger partial charge in [0.15, 0.2) is 0 Å². The molecule has 7 nitrogen and oxygen atoms in total. The van der Waals surface area contributed by atoms with E-state index >= 15 is 0 Å². The summed E-state index contributed by atoms with van der Waals surface area (Å²) in [6.45, 7) is 11.4. The first-order chi connectivity index (χ1) is 14.6. The first-order valence-corrected chi connectivity index (χ1v) is 11.1. The third-order valence-electron chi connectivity index (χ3n) is 5.23. The van der Waals surface area contributed by atoms with Gasteiger partial charge in [-0.25, -0.2) is 4.79 Å². The Morgan fingerprint density at radius 2 is 1.90 bits per heavy atom. The Kier molecular flexibility index (Phi) is 8.88. The smallest absolute Gasteiger partial charge is 0.407 e. The molecule has 1 atom stereocenters. The largest absolute Gasteiger partial charge is 0.444 e. The molecular weight excluding hydrogens is 392 g/mol. The summed E-state index contributed by atoms with van der Waals surface area (Å²) in [5.74, 6) is -0.0237. The SMILES string of the molecule is Cc1cc(C)cc(N(CCC#N)C(=O)CN2CCCCC2CNC(=O)OC(C)(C)C)c1. The van der Waals surface area contributed by atoms with Gasteiger partial charge in [0.25, 0.3) is 0 Å². The van der Waals surface area contributed by atoms with E-state index in [4.69, 9.17) is 10.00 Å². The number of aryl methyl sites for hydroxylation is 2. The summed E-state index contributed by atoms with van der Waals surface area (Å²) >= 11 is 0. The molecule has 1 fully saturated rings. The average molecular weight is 429 g/mol. The van der Waals surface area contributed by atoms with Gasteiger partial charge in [0.05, 0.1) is 19.0 Å². The summed E-state index contributed by atoms with van der Waals surface area (Å²) in [4.78, 5) is 29.2. The fraction of sp³-hybridized carbons (Fsp3) is 0.625. The van der Waals surface area contributed by atoms with Crippen LogP contribution in [0.3, 0.4) is 0 Å². The number of hydrogen-bond donors (Lipinski definition) is 1. The zero-order valence-corrected chi connectivity index (χ0v) is 19.5. The number of likely N-dealkylation sites (tertiary alicyclic amines) is 1. The number of benzene rings is 1. The van der Waals surface area contributed by atoms with Crippen LogP contribution < -0.4 is 10.2 Å². The molecule has 0 aliphatic carbocycles. The number of nitrogens with zero attached hydrogens (tertiary/aromatic N) is 3. The predicted octanol–water partition coefficient (Wildman–Crippen LogP) is 3.93. The zero-order chi connectivity index (χ0) is 23.0. The van der Waals surface area contributed by atoms with Crippen molar-refractivity contribution in [1.29, 1.82) is 5.26 Å². The number of nitriles is 1. The minimum Gasteiger partial charge on any atom is -0.444 e. The highest BCUT2D eigenvalue weighted by Gasteiger charge is 2.28. The first-order valence-electron chi connectivity index (χ1n) is 11.1. The van der Waals surface area contributed by atoms with Gasteiger partial charge in [-0.2, -0.15) is 5.26 Å². The van der Waals surface area contributed by atoms with Crippen LogP contribution in [0.15, 0.2) is 18.2 Å². The molecule has 31 heavy (non-hydrogen) atoms. The van der Waals surface area contributed by atoms with Crippen LogP contribution in [0.25, 0.3) is 0 Å². The van der Waals surface area contributed by atoms with Crippen LogP contribution in [0.2, 0.25) is 0 Å². The van der Waals surface area contributed by atoms with Gasteiger partial charge in [0.2, 0.25) is 5.91 Å². The molecule has 0 spiro atoms. The predicted molar refractivity (Wildman–Crippen MR) is 122 cm³/mol. The van der Waals surface area contributed by atoms with Crippen molar-refractivity contribution in [3.05, 3.63) is 29.3 Å². The van der Waals surface area contributed by atoms with E-state index in [-0.39, 0.29) is 24.9 Å². The second-order valence-electron chi connectivity index (χ2n) is 9.30. The molecular formula is C24H36N4O3. The molecule has 0 bridgehead atoms. The minimum atomic E-state index is -0.542. The zero-order valence-electron chi connectivity index (χ0n) is 19.5. The lowest BCUT2D eigenvalue weighted by atomic mass is 10.0. The van der Waals surface area contributed by atoms with Gasteiger partial charge in [-0.3, -0.25) is 9.69 Å². The quantitative estimate of drug-likeness (QED) is 0.711. The fourth-order valence-electron chi connectivity index (χ4n) is 3.94. The first kappa shape index (κ1) is 24.7. The van der Waals surface area contributed by atoms with Crippen LogP contribution in [0, 0.1) is 25.2 Å². The van der Waals surface area contributed by atoms with Crippen LogP contribution in [0.5, 0.6) is 0 Å².